The van der Waals surface area contributed by atoms with E-state index in [0.717, 1.165) is 25.9 Å². The van der Waals surface area contributed by atoms with Crippen LogP contribution in [0.4, 0.5) is 10.1 Å². The number of nitrogens with one attached hydrogen (secondary N) is 1. The number of likely N-dealkylation sites (tertiary alicyclic amines) is 1. The summed E-state index contributed by atoms with van der Waals surface area (Å²) in [6.45, 7) is 3.43. The molecule has 1 aliphatic heterocycles. The molecular formula is C15H21FN2O. The number of halogens is 1. The molecule has 0 radical (unpaired) electrons. The number of rotatable bonds is 3. The van der Waals surface area contributed by atoms with E-state index in [1.54, 1.807) is 25.1 Å². The summed E-state index contributed by atoms with van der Waals surface area (Å²) in [4.78, 5) is 14.2. The van der Waals surface area contributed by atoms with Crippen molar-refractivity contribution < 1.29 is 9.18 Å². The molecule has 104 valence electrons. The second-order valence-electron chi connectivity index (χ2n) is 5.09. The van der Waals surface area contributed by atoms with Crippen LogP contribution in [0.15, 0.2) is 24.3 Å². The Bertz CT molecular complexity index is 428. The third-order valence-corrected chi connectivity index (χ3v) is 3.53. The molecule has 0 aromatic heterocycles. The van der Waals surface area contributed by atoms with Crippen LogP contribution in [-0.4, -0.2) is 29.9 Å². The fraction of sp³-hybridized carbons (Fsp3) is 0.533. The van der Waals surface area contributed by atoms with E-state index in [9.17, 15) is 9.18 Å². The van der Waals surface area contributed by atoms with Crippen molar-refractivity contribution in [2.75, 3.05) is 18.4 Å². The highest BCUT2D eigenvalue weighted by atomic mass is 19.1. The van der Waals surface area contributed by atoms with Crippen LogP contribution in [0.3, 0.4) is 0 Å². The lowest BCUT2D eigenvalue weighted by atomic mass is 10.2. The first-order chi connectivity index (χ1) is 9.18. The molecule has 2 rings (SSSR count). The molecule has 4 heteroatoms. The van der Waals surface area contributed by atoms with Crippen molar-refractivity contribution in [3.8, 4) is 0 Å². The van der Waals surface area contributed by atoms with Gasteiger partial charge in [-0.05, 0) is 31.9 Å². The van der Waals surface area contributed by atoms with E-state index in [1.807, 2.05) is 4.90 Å². The van der Waals surface area contributed by atoms with Gasteiger partial charge >= 0.3 is 0 Å². The third-order valence-electron chi connectivity index (χ3n) is 3.53. The molecule has 19 heavy (non-hydrogen) atoms. The first kappa shape index (κ1) is 13.8. The van der Waals surface area contributed by atoms with Crippen molar-refractivity contribution in [3.05, 3.63) is 30.1 Å². The molecule has 1 aliphatic rings. The fourth-order valence-corrected chi connectivity index (χ4v) is 2.44. The Morgan fingerprint density at radius 3 is 2.47 bits per heavy atom. The van der Waals surface area contributed by atoms with Gasteiger partial charge in [0.25, 0.3) is 0 Å². The summed E-state index contributed by atoms with van der Waals surface area (Å²) in [5, 5.41) is 2.96. The number of amides is 1. The minimum absolute atomic E-state index is 0.0603. The van der Waals surface area contributed by atoms with E-state index in [4.69, 9.17) is 0 Å². The fourth-order valence-electron chi connectivity index (χ4n) is 2.44. The van der Waals surface area contributed by atoms with Gasteiger partial charge in [0, 0.05) is 13.1 Å². The molecule has 1 aromatic rings. The molecule has 1 N–H and O–H groups in total. The maximum absolute atomic E-state index is 13.5. The van der Waals surface area contributed by atoms with Crippen molar-refractivity contribution in [1.29, 1.82) is 0 Å². The Labute approximate surface area is 113 Å². The summed E-state index contributed by atoms with van der Waals surface area (Å²) >= 11 is 0. The van der Waals surface area contributed by atoms with Gasteiger partial charge in [-0.1, -0.05) is 25.0 Å². The van der Waals surface area contributed by atoms with Gasteiger partial charge in [-0.3, -0.25) is 4.79 Å². The largest absolute Gasteiger partial charge is 0.372 e. The number of nitrogens with zero attached hydrogens (tertiary/aromatic N) is 1. The summed E-state index contributed by atoms with van der Waals surface area (Å²) in [7, 11) is 0. The molecule has 1 amide bonds. The third kappa shape index (κ3) is 3.69. The molecule has 0 aliphatic carbocycles. The van der Waals surface area contributed by atoms with Crippen LogP contribution in [0.2, 0.25) is 0 Å². The molecule has 1 saturated heterocycles. The Kier molecular flexibility index (Phi) is 4.77. The number of benzene rings is 1. The van der Waals surface area contributed by atoms with Gasteiger partial charge in [0.05, 0.1) is 5.69 Å². The van der Waals surface area contributed by atoms with E-state index in [2.05, 4.69) is 5.32 Å². The predicted octanol–water partition coefficient (Wildman–Crippen LogP) is 3.03. The second kappa shape index (κ2) is 6.55. The monoisotopic (exact) mass is 264 g/mol. The van der Waals surface area contributed by atoms with E-state index in [-0.39, 0.29) is 11.7 Å². The van der Waals surface area contributed by atoms with Gasteiger partial charge in [0.15, 0.2) is 0 Å². The predicted molar refractivity (Wildman–Crippen MR) is 74.5 cm³/mol. The lowest BCUT2D eigenvalue weighted by Crippen LogP contribution is -2.42. The molecule has 3 nitrogen and oxygen atoms in total. The summed E-state index contributed by atoms with van der Waals surface area (Å²) in [6.07, 6.45) is 4.52. The molecular weight excluding hydrogens is 243 g/mol. The maximum atomic E-state index is 13.5. The first-order valence-electron chi connectivity index (χ1n) is 6.98. The summed E-state index contributed by atoms with van der Waals surface area (Å²) in [5.41, 5.74) is 0.387. The quantitative estimate of drug-likeness (QED) is 0.910. The Morgan fingerprint density at radius 1 is 1.21 bits per heavy atom. The van der Waals surface area contributed by atoms with Crippen molar-refractivity contribution in [1.82, 2.24) is 4.90 Å². The van der Waals surface area contributed by atoms with Crippen molar-refractivity contribution in [2.24, 2.45) is 0 Å². The Balaban J connectivity index is 1.97. The first-order valence-corrected chi connectivity index (χ1v) is 6.98. The number of carbonyl (C=O) groups is 1. The highest BCUT2D eigenvalue weighted by Crippen LogP contribution is 2.16. The molecule has 1 unspecified atom stereocenters. The summed E-state index contributed by atoms with van der Waals surface area (Å²) in [5.74, 6) is -0.261. The second-order valence-corrected chi connectivity index (χ2v) is 5.09. The lowest BCUT2D eigenvalue weighted by Gasteiger charge is -2.25. The molecule has 1 atom stereocenters. The Hall–Kier alpha value is -1.58. The van der Waals surface area contributed by atoms with Gasteiger partial charge in [-0.2, -0.15) is 0 Å². The SMILES string of the molecule is CC(Nc1ccccc1F)C(=O)N1CCCCCC1. The zero-order valence-electron chi connectivity index (χ0n) is 11.4. The minimum Gasteiger partial charge on any atom is -0.372 e. The zero-order chi connectivity index (χ0) is 13.7. The molecule has 1 aromatic carbocycles. The van der Waals surface area contributed by atoms with Crippen molar-refractivity contribution in [3.63, 3.8) is 0 Å². The van der Waals surface area contributed by atoms with E-state index < -0.39 is 6.04 Å². The van der Waals surface area contributed by atoms with Crippen LogP contribution in [-0.2, 0) is 4.79 Å². The number of hydrogen-bond acceptors (Lipinski definition) is 2. The summed E-state index contributed by atoms with van der Waals surface area (Å²) in [6, 6.07) is 6.05. The van der Waals surface area contributed by atoms with Crippen molar-refractivity contribution in [2.45, 2.75) is 38.6 Å². The van der Waals surface area contributed by atoms with E-state index >= 15 is 0 Å². The normalized spacial score (nSPS) is 17.7. The molecule has 0 bridgehead atoms. The average Bonchev–Trinajstić information content (AvgIpc) is 2.69. The van der Waals surface area contributed by atoms with Gasteiger partial charge in [0.2, 0.25) is 5.91 Å². The van der Waals surface area contributed by atoms with Crippen LogP contribution < -0.4 is 5.32 Å². The minimum atomic E-state index is -0.394. The smallest absolute Gasteiger partial charge is 0.244 e. The van der Waals surface area contributed by atoms with E-state index in [0.29, 0.717) is 5.69 Å². The van der Waals surface area contributed by atoms with Gasteiger partial charge in [0.1, 0.15) is 11.9 Å². The van der Waals surface area contributed by atoms with Gasteiger partial charge < -0.3 is 10.2 Å². The topological polar surface area (TPSA) is 32.3 Å². The van der Waals surface area contributed by atoms with E-state index in [1.165, 1.54) is 18.9 Å². The zero-order valence-corrected chi connectivity index (χ0v) is 11.4. The molecule has 1 fully saturated rings. The molecule has 0 saturated carbocycles. The van der Waals surface area contributed by atoms with Crippen LogP contribution in [0.1, 0.15) is 32.6 Å². The van der Waals surface area contributed by atoms with Crippen LogP contribution in [0.25, 0.3) is 0 Å². The molecule has 1 heterocycles. The van der Waals surface area contributed by atoms with Gasteiger partial charge in [-0.15, -0.1) is 0 Å². The maximum Gasteiger partial charge on any atom is 0.244 e. The lowest BCUT2D eigenvalue weighted by molar-refractivity contribution is -0.131. The van der Waals surface area contributed by atoms with Crippen LogP contribution >= 0.6 is 0 Å². The van der Waals surface area contributed by atoms with Gasteiger partial charge in [-0.25, -0.2) is 4.39 Å². The highest BCUT2D eigenvalue weighted by molar-refractivity contribution is 5.84. The highest BCUT2D eigenvalue weighted by Gasteiger charge is 2.21. The number of hydrogen-bond donors (Lipinski definition) is 1. The Morgan fingerprint density at radius 2 is 1.84 bits per heavy atom. The van der Waals surface area contributed by atoms with Crippen molar-refractivity contribution >= 4 is 11.6 Å². The van der Waals surface area contributed by atoms with Crippen LogP contribution in [0.5, 0.6) is 0 Å². The number of anilines is 1. The van der Waals surface area contributed by atoms with Crippen LogP contribution in [0, 0.1) is 5.82 Å². The summed E-state index contributed by atoms with van der Waals surface area (Å²) < 4.78 is 13.5. The number of para-hydroxylation sites is 1. The number of carbonyl (C=O) groups excluding carboxylic acids is 1. The molecule has 0 spiro atoms. The average molecular weight is 264 g/mol. The standard InChI is InChI=1S/C15H21FN2O/c1-12(17-14-9-5-4-8-13(14)16)15(19)18-10-6-2-3-7-11-18/h4-5,8-9,12,17H,2-3,6-7,10-11H2,1H3.